The van der Waals surface area contributed by atoms with E-state index < -0.39 is 0 Å². The van der Waals surface area contributed by atoms with Crippen LogP contribution in [0.25, 0.3) is 44.5 Å². The molecule has 1 N–H and O–H groups in total. The molecule has 0 heterocycles. The zero-order chi connectivity index (χ0) is 36.7. The van der Waals surface area contributed by atoms with Crippen molar-refractivity contribution in [2.45, 2.75) is 83.1 Å². The Bertz CT molecular complexity index is 2110. The third kappa shape index (κ3) is 7.08. The summed E-state index contributed by atoms with van der Waals surface area (Å²) in [5, 5.41) is 3.91. The lowest BCUT2D eigenvalue weighted by Gasteiger charge is -2.21. The van der Waals surface area contributed by atoms with Crippen molar-refractivity contribution in [2.75, 3.05) is 5.09 Å². The number of anilines is 1. The standard InChI is InChI=1S/C48H51N2P/c1-27-19-31(5)43(32(6)20-27)39-15-13-16-40(44-33(7)21-28(2)22-34(44)8)47(39)49-51-50-48-41(45-35(9)23-29(3)24-36(45)10)17-14-18-42(48)46-37(11)25-30(4)26-38(46)12/h13-26H,1-12H3,(H,49,50). The van der Waals surface area contributed by atoms with Crippen molar-refractivity contribution in [1.29, 1.82) is 0 Å². The molecule has 3 heteroatoms. The van der Waals surface area contributed by atoms with Gasteiger partial charge in [0, 0.05) is 22.3 Å². The summed E-state index contributed by atoms with van der Waals surface area (Å²) in [4.78, 5) is 0. The Kier molecular flexibility index (Phi) is 10.2. The molecule has 2 nitrogen and oxygen atoms in total. The number of nitrogens with one attached hydrogen (secondary N) is 1. The molecule has 0 amide bonds. The van der Waals surface area contributed by atoms with Crippen LogP contribution in [0.3, 0.4) is 0 Å². The normalized spacial score (nSPS) is 11.5. The SMILES string of the molecule is Cc1cc(C)c(-c2cccc(-c3c(C)cc(C)cc3C)c2N=PNc2c(-c3c(C)cc(C)cc3C)cccc2-c2c(C)cc(C)cc2C)c(C)c1. The topological polar surface area (TPSA) is 24.4 Å². The van der Waals surface area contributed by atoms with Crippen molar-refractivity contribution in [3.8, 4) is 44.5 Å². The van der Waals surface area contributed by atoms with Crippen LogP contribution in [-0.2, 0) is 0 Å². The van der Waals surface area contributed by atoms with E-state index in [4.69, 9.17) is 4.74 Å². The van der Waals surface area contributed by atoms with Crippen LogP contribution in [0, 0.1) is 83.1 Å². The predicted molar refractivity (Wildman–Crippen MR) is 224 cm³/mol. The van der Waals surface area contributed by atoms with Gasteiger partial charge in [-0.15, -0.1) is 0 Å². The van der Waals surface area contributed by atoms with E-state index >= 15 is 0 Å². The highest BCUT2D eigenvalue weighted by Gasteiger charge is 2.20. The van der Waals surface area contributed by atoms with Crippen molar-refractivity contribution >= 4 is 19.9 Å². The van der Waals surface area contributed by atoms with Crippen LogP contribution in [0.4, 0.5) is 11.4 Å². The molecule has 0 aliphatic heterocycles. The molecular formula is C48H51N2P. The van der Waals surface area contributed by atoms with Crippen LogP contribution in [0.15, 0.2) is 89.7 Å². The number of hydrogen-bond donors (Lipinski definition) is 1. The van der Waals surface area contributed by atoms with Gasteiger partial charge in [0.1, 0.15) is 8.52 Å². The Hall–Kier alpha value is -4.78. The van der Waals surface area contributed by atoms with Gasteiger partial charge in [0.25, 0.3) is 0 Å². The monoisotopic (exact) mass is 686 g/mol. The summed E-state index contributed by atoms with van der Waals surface area (Å²) in [6.45, 7) is 26.6. The molecule has 0 fully saturated rings. The molecular weight excluding hydrogens is 636 g/mol. The average molecular weight is 687 g/mol. The molecule has 0 spiro atoms. The summed E-state index contributed by atoms with van der Waals surface area (Å²) in [6.07, 6.45) is 0. The van der Waals surface area contributed by atoms with Crippen LogP contribution < -0.4 is 5.09 Å². The van der Waals surface area contributed by atoms with Crippen LogP contribution in [0.1, 0.15) is 66.8 Å². The number of benzene rings is 6. The second-order valence-corrected chi connectivity index (χ2v) is 15.5. The maximum absolute atomic E-state index is 5.51. The first-order valence-electron chi connectivity index (χ1n) is 18.0. The van der Waals surface area contributed by atoms with Gasteiger partial charge < -0.3 is 5.09 Å². The molecule has 0 saturated heterocycles. The minimum absolute atomic E-state index is 0.761. The zero-order valence-corrected chi connectivity index (χ0v) is 33.4. The molecule has 6 aromatic rings. The summed E-state index contributed by atoms with van der Waals surface area (Å²) < 4.78 is 5.51. The average Bonchev–Trinajstić information content (AvgIpc) is 3.01. The van der Waals surface area contributed by atoms with Gasteiger partial charge >= 0.3 is 0 Å². The fourth-order valence-corrected chi connectivity index (χ4v) is 9.39. The lowest BCUT2D eigenvalue weighted by molar-refractivity contribution is 1.31. The van der Waals surface area contributed by atoms with E-state index in [1.54, 1.807) is 0 Å². The Morgan fingerprint density at radius 2 is 0.627 bits per heavy atom. The largest absolute Gasteiger partial charge is 0.322 e. The Balaban J connectivity index is 1.61. The Morgan fingerprint density at radius 1 is 0.373 bits per heavy atom. The summed E-state index contributed by atoms with van der Waals surface area (Å²) in [5.41, 5.74) is 27.3. The van der Waals surface area contributed by atoms with Gasteiger partial charge in [0.15, 0.2) is 0 Å². The number of nitrogens with zero attached hydrogens (tertiary/aromatic N) is 1. The summed E-state index contributed by atoms with van der Waals surface area (Å²) in [7, 11) is 0.761. The van der Waals surface area contributed by atoms with Gasteiger partial charge in [-0.1, -0.05) is 107 Å². The fourth-order valence-electron chi connectivity index (χ4n) is 8.69. The van der Waals surface area contributed by atoms with E-state index in [1.165, 1.54) is 111 Å². The van der Waals surface area contributed by atoms with Crippen molar-refractivity contribution in [2.24, 2.45) is 4.74 Å². The molecule has 0 bridgehead atoms. The minimum atomic E-state index is 0.761. The van der Waals surface area contributed by atoms with Gasteiger partial charge in [0.05, 0.1) is 11.4 Å². The van der Waals surface area contributed by atoms with Crippen molar-refractivity contribution in [1.82, 2.24) is 0 Å². The van der Waals surface area contributed by atoms with Crippen molar-refractivity contribution < 1.29 is 0 Å². The van der Waals surface area contributed by atoms with Crippen molar-refractivity contribution in [3.05, 3.63) is 152 Å². The number of hydrogen-bond acceptors (Lipinski definition) is 1. The first kappa shape index (κ1) is 36.0. The molecule has 0 radical (unpaired) electrons. The quantitative estimate of drug-likeness (QED) is 0.166. The molecule has 0 saturated carbocycles. The fraction of sp³-hybridized carbons (Fsp3) is 0.250. The van der Waals surface area contributed by atoms with Gasteiger partial charge in [-0.25, -0.2) is 4.74 Å². The molecule has 258 valence electrons. The minimum Gasteiger partial charge on any atom is -0.322 e. The molecule has 0 aromatic heterocycles. The summed E-state index contributed by atoms with van der Waals surface area (Å²) in [5.74, 6) is 0. The maximum atomic E-state index is 5.51. The highest BCUT2D eigenvalue weighted by molar-refractivity contribution is 7.29. The highest BCUT2D eigenvalue weighted by Crippen LogP contribution is 2.47. The third-order valence-electron chi connectivity index (χ3n) is 10.2. The number of para-hydroxylation sites is 1. The number of aryl methyl sites for hydroxylation is 12. The lowest BCUT2D eigenvalue weighted by atomic mass is 9.87. The van der Waals surface area contributed by atoms with E-state index in [0.717, 1.165) is 19.9 Å². The van der Waals surface area contributed by atoms with Crippen LogP contribution in [0.5, 0.6) is 0 Å². The Morgan fingerprint density at radius 3 is 0.922 bits per heavy atom. The van der Waals surface area contributed by atoms with E-state index in [2.05, 4.69) is 173 Å². The van der Waals surface area contributed by atoms with E-state index in [9.17, 15) is 0 Å². The van der Waals surface area contributed by atoms with Crippen LogP contribution in [0.2, 0.25) is 0 Å². The molecule has 0 aliphatic carbocycles. The second kappa shape index (κ2) is 14.5. The molecule has 6 rings (SSSR count). The van der Waals surface area contributed by atoms with Gasteiger partial charge in [-0.2, -0.15) is 0 Å². The lowest BCUT2D eigenvalue weighted by Crippen LogP contribution is -1.98. The highest BCUT2D eigenvalue weighted by atomic mass is 31.1. The van der Waals surface area contributed by atoms with Gasteiger partial charge in [-0.05, 0) is 150 Å². The third-order valence-corrected chi connectivity index (χ3v) is 10.8. The maximum Gasteiger partial charge on any atom is 0.130 e. The summed E-state index contributed by atoms with van der Waals surface area (Å²) in [6, 6.07) is 31.8. The first-order valence-corrected chi connectivity index (χ1v) is 18.9. The van der Waals surface area contributed by atoms with Gasteiger partial charge in [-0.3, -0.25) is 0 Å². The molecule has 0 atom stereocenters. The van der Waals surface area contributed by atoms with Crippen LogP contribution >= 0.6 is 8.52 Å². The smallest absolute Gasteiger partial charge is 0.130 e. The van der Waals surface area contributed by atoms with Crippen LogP contribution in [-0.4, -0.2) is 0 Å². The van der Waals surface area contributed by atoms with Crippen molar-refractivity contribution in [3.63, 3.8) is 0 Å². The molecule has 0 aliphatic rings. The van der Waals surface area contributed by atoms with E-state index in [1.807, 2.05) is 0 Å². The van der Waals surface area contributed by atoms with E-state index in [-0.39, 0.29) is 0 Å². The first-order chi connectivity index (χ1) is 24.2. The number of rotatable bonds is 7. The second-order valence-electron chi connectivity index (χ2n) is 14.8. The molecule has 51 heavy (non-hydrogen) atoms. The summed E-state index contributed by atoms with van der Waals surface area (Å²) >= 11 is 0. The van der Waals surface area contributed by atoms with Gasteiger partial charge in [0.2, 0.25) is 0 Å². The zero-order valence-electron chi connectivity index (χ0n) is 32.5. The molecule has 0 unspecified atom stereocenters. The Labute approximate surface area is 308 Å². The predicted octanol–water partition coefficient (Wildman–Crippen LogP) is 14.8. The molecule has 6 aromatic carbocycles. The van der Waals surface area contributed by atoms with E-state index in [0.29, 0.717) is 0 Å².